The van der Waals surface area contributed by atoms with Gasteiger partial charge in [0, 0.05) is 12.3 Å². The number of aromatic amines is 1. The van der Waals surface area contributed by atoms with Crippen LogP contribution in [0.2, 0.25) is 0 Å². The summed E-state index contributed by atoms with van der Waals surface area (Å²) in [5.74, 6) is 0. The maximum absolute atomic E-state index is 12.4. The van der Waals surface area contributed by atoms with Gasteiger partial charge in [0.25, 0.3) is 5.56 Å². The molecule has 0 aliphatic carbocycles. The van der Waals surface area contributed by atoms with Crippen LogP contribution in [0, 0.1) is 6.92 Å². The standard InChI is InChI=1S/C18H22N4O2S/c1-5-12(3)25-18-19-15-14(16(23)20-17(24)21(15)4)22(18)10-13-8-6-11(2)7-9-13/h6-9,12H,5,10H2,1-4H3,(H,20,23,24)/t12-/m0/s1. The molecule has 2 aromatic heterocycles. The van der Waals surface area contributed by atoms with Crippen molar-refractivity contribution in [1.29, 1.82) is 0 Å². The van der Waals surface area contributed by atoms with Gasteiger partial charge in [0.1, 0.15) is 0 Å². The Labute approximate surface area is 149 Å². The molecule has 0 aliphatic rings. The summed E-state index contributed by atoms with van der Waals surface area (Å²) in [6.07, 6.45) is 0.994. The van der Waals surface area contributed by atoms with E-state index in [0.717, 1.165) is 17.1 Å². The molecule has 7 heteroatoms. The minimum atomic E-state index is -0.447. The monoisotopic (exact) mass is 358 g/mol. The predicted molar refractivity (Wildman–Crippen MR) is 101 cm³/mol. The number of rotatable bonds is 5. The number of aryl methyl sites for hydroxylation is 2. The SMILES string of the molecule is CC[C@H](C)Sc1nc2c(c(=O)[nH]c(=O)n2C)n1Cc1ccc(C)cc1. The number of fused-ring (bicyclic) bond motifs is 1. The lowest BCUT2D eigenvalue weighted by atomic mass is 10.1. The van der Waals surface area contributed by atoms with Gasteiger partial charge in [0.15, 0.2) is 16.3 Å². The summed E-state index contributed by atoms with van der Waals surface area (Å²) >= 11 is 1.63. The van der Waals surface area contributed by atoms with Gasteiger partial charge in [-0.1, -0.05) is 55.4 Å². The van der Waals surface area contributed by atoms with Crippen molar-refractivity contribution in [2.75, 3.05) is 0 Å². The lowest BCUT2D eigenvalue weighted by Gasteiger charge is -2.11. The quantitative estimate of drug-likeness (QED) is 0.712. The first-order chi connectivity index (χ1) is 11.9. The highest BCUT2D eigenvalue weighted by Crippen LogP contribution is 2.27. The van der Waals surface area contributed by atoms with Crippen molar-refractivity contribution in [3.63, 3.8) is 0 Å². The topological polar surface area (TPSA) is 72.7 Å². The second-order valence-corrected chi connectivity index (χ2v) is 7.70. The third-order valence-corrected chi connectivity index (χ3v) is 5.57. The van der Waals surface area contributed by atoms with Crippen molar-refractivity contribution >= 4 is 22.9 Å². The van der Waals surface area contributed by atoms with E-state index in [0.29, 0.717) is 23.0 Å². The molecule has 0 spiro atoms. The molecule has 0 amide bonds. The van der Waals surface area contributed by atoms with E-state index in [4.69, 9.17) is 0 Å². The number of imidazole rings is 1. The van der Waals surface area contributed by atoms with Crippen LogP contribution in [0.5, 0.6) is 0 Å². The minimum Gasteiger partial charge on any atom is -0.309 e. The third kappa shape index (κ3) is 3.42. The number of hydrogen-bond donors (Lipinski definition) is 1. The number of aromatic nitrogens is 4. The molecule has 0 saturated heterocycles. The highest BCUT2D eigenvalue weighted by molar-refractivity contribution is 7.99. The molecule has 0 radical (unpaired) electrons. The molecule has 0 saturated carbocycles. The van der Waals surface area contributed by atoms with Crippen LogP contribution >= 0.6 is 11.8 Å². The van der Waals surface area contributed by atoms with E-state index in [1.807, 2.05) is 11.5 Å². The zero-order chi connectivity index (χ0) is 18.1. The molecule has 6 nitrogen and oxygen atoms in total. The molecular formula is C18H22N4O2S. The van der Waals surface area contributed by atoms with Crippen LogP contribution < -0.4 is 11.2 Å². The van der Waals surface area contributed by atoms with Crippen LogP contribution in [-0.4, -0.2) is 24.4 Å². The first-order valence-electron chi connectivity index (χ1n) is 8.32. The number of thioether (sulfide) groups is 1. The van der Waals surface area contributed by atoms with Gasteiger partial charge in [-0.2, -0.15) is 0 Å². The molecule has 0 unspecified atom stereocenters. The average Bonchev–Trinajstić information content (AvgIpc) is 2.93. The molecule has 1 aromatic carbocycles. The van der Waals surface area contributed by atoms with Crippen molar-refractivity contribution < 1.29 is 0 Å². The summed E-state index contributed by atoms with van der Waals surface area (Å²) in [5.41, 5.74) is 2.30. The van der Waals surface area contributed by atoms with Crippen LogP contribution in [0.1, 0.15) is 31.4 Å². The fraction of sp³-hybridized carbons (Fsp3) is 0.389. The van der Waals surface area contributed by atoms with Crippen LogP contribution in [0.15, 0.2) is 39.0 Å². The summed E-state index contributed by atoms with van der Waals surface area (Å²) < 4.78 is 3.30. The van der Waals surface area contributed by atoms with Crippen LogP contribution in [0.3, 0.4) is 0 Å². The Morgan fingerprint density at radius 2 is 1.92 bits per heavy atom. The van der Waals surface area contributed by atoms with E-state index in [2.05, 4.69) is 48.1 Å². The molecule has 2 heterocycles. The Hall–Kier alpha value is -2.28. The van der Waals surface area contributed by atoms with Crippen LogP contribution in [0.4, 0.5) is 0 Å². The molecule has 3 aromatic rings. The van der Waals surface area contributed by atoms with Gasteiger partial charge in [0.05, 0.1) is 6.54 Å². The summed E-state index contributed by atoms with van der Waals surface area (Å²) in [7, 11) is 1.63. The number of nitrogens with zero attached hydrogens (tertiary/aromatic N) is 3. The molecule has 25 heavy (non-hydrogen) atoms. The molecule has 3 rings (SSSR count). The third-order valence-electron chi connectivity index (χ3n) is 4.31. The Kier molecular flexibility index (Phi) is 4.85. The predicted octanol–water partition coefficient (Wildman–Crippen LogP) is 2.67. The molecular weight excluding hydrogens is 336 g/mol. The van der Waals surface area contributed by atoms with Crippen LogP contribution in [0.25, 0.3) is 11.2 Å². The largest absolute Gasteiger partial charge is 0.329 e. The zero-order valence-electron chi connectivity index (χ0n) is 14.9. The second-order valence-electron chi connectivity index (χ2n) is 6.29. The molecule has 0 aliphatic heterocycles. The smallest absolute Gasteiger partial charge is 0.309 e. The van der Waals surface area contributed by atoms with E-state index in [1.54, 1.807) is 18.8 Å². The fourth-order valence-corrected chi connectivity index (χ4v) is 3.54. The van der Waals surface area contributed by atoms with Gasteiger partial charge < -0.3 is 4.57 Å². The van der Waals surface area contributed by atoms with Gasteiger partial charge in [-0.3, -0.25) is 14.3 Å². The highest BCUT2D eigenvalue weighted by atomic mass is 32.2. The number of H-pyrrole nitrogens is 1. The van der Waals surface area contributed by atoms with Gasteiger partial charge in [-0.15, -0.1) is 0 Å². The van der Waals surface area contributed by atoms with E-state index in [1.165, 1.54) is 10.1 Å². The summed E-state index contributed by atoms with van der Waals surface area (Å²) in [5, 5.41) is 1.13. The first kappa shape index (κ1) is 17.5. The lowest BCUT2D eigenvalue weighted by molar-refractivity contribution is 0.723. The normalized spacial score (nSPS) is 12.6. The first-order valence-corrected chi connectivity index (χ1v) is 9.20. The number of benzene rings is 1. The molecule has 132 valence electrons. The van der Waals surface area contributed by atoms with Gasteiger partial charge in [-0.25, -0.2) is 9.78 Å². The molecule has 0 bridgehead atoms. The number of nitrogens with one attached hydrogen (secondary N) is 1. The summed E-state index contributed by atoms with van der Waals surface area (Å²) in [6, 6.07) is 8.20. The summed E-state index contributed by atoms with van der Waals surface area (Å²) in [6.45, 7) is 6.83. The maximum atomic E-state index is 12.4. The van der Waals surface area contributed by atoms with E-state index < -0.39 is 11.2 Å². The fourth-order valence-electron chi connectivity index (χ4n) is 2.59. The Bertz CT molecular complexity index is 1010. The summed E-state index contributed by atoms with van der Waals surface area (Å²) in [4.78, 5) is 31.3. The van der Waals surface area contributed by atoms with Crippen molar-refractivity contribution in [3.05, 3.63) is 56.2 Å². The molecule has 1 N–H and O–H groups in total. The Morgan fingerprint density at radius 1 is 1.24 bits per heavy atom. The van der Waals surface area contributed by atoms with E-state index in [-0.39, 0.29) is 0 Å². The van der Waals surface area contributed by atoms with E-state index in [9.17, 15) is 9.59 Å². The zero-order valence-corrected chi connectivity index (χ0v) is 15.7. The van der Waals surface area contributed by atoms with Gasteiger partial charge in [0.2, 0.25) is 0 Å². The minimum absolute atomic E-state index is 0.365. The van der Waals surface area contributed by atoms with Crippen molar-refractivity contribution in [2.45, 2.75) is 44.1 Å². The highest BCUT2D eigenvalue weighted by Gasteiger charge is 2.19. The Balaban J connectivity index is 2.20. The Morgan fingerprint density at radius 3 is 2.56 bits per heavy atom. The number of hydrogen-bond acceptors (Lipinski definition) is 4. The van der Waals surface area contributed by atoms with Crippen molar-refractivity contribution in [1.82, 2.24) is 19.1 Å². The van der Waals surface area contributed by atoms with Crippen LogP contribution in [-0.2, 0) is 13.6 Å². The average molecular weight is 358 g/mol. The molecule has 0 fully saturated rings. The second kappa shape index (κ2) is 6.92. The molecule has 1 atom stereocenters. The van der Waals surface area contributed by atoms with Gasteiger partial charge >= 0.3 is 5.69 Å². The van der Waals surface area contributed by atoms with Gasteiger partial charge in [-0.05, 0) is 18.9 Å². The van der Waals surface area contributed by atoms with Crippen molar-refractivity contribution in [2.24, 2.45) is 7.05 Å². The van der Waals surface area contributed by atoms with E-state index >= 15 is 0 Å². The maximum Gasteiger partial charge on any atom is 0.329 e. The lowest BCUT2D eigenvalue weighted by Crippen LogP contribution is -2.29. The van der Waals surface area contributed by atoms with Crippen molar-refractivity contribution in [3.8, 4) is 0 Å².